The minimum Gasteiger partial charge on any atom is -0.507 e. The van der Waals surface area contributed by atoms with E-state index in [0.29, 0.717) is 31.9 Å². The quantitative estimate of drug-likeness (QED) is 0.786. The summed E-state index contributed by atoms with van der Waals surface area (Å²) in [6.45, 7) is 1.40. The SMILES string of the molecule is N#Cc1ccc(N2CCN(C(=O)c3cc(S(N)(=O)=O)ccc3O)CC2)cc1F. The van der Waals surface area contributed by atoms with Gasteiger partial charge in [0.05, 0.1) is 16.0 Å². The molecule has 1 aliphatic heterocycles. The number of phenolic OH excluding ortho intramolecular Hbond substituents is 1. The van der Waals surface area contributed by atoms with Crippen LogP contribution in [0.3, 0.4) is 0 Å². The monoisotopic (exact) mass is 404 g/mol. The molecule has 2 aromatic rings. The molecule has 0 atom stereocenters. The maximum absolute atomic E-state index is 13.8. The fraction of sp³-hybridized carbons (Fsp3) is 0.222. The Balaban J connectivity index is 1.74. The van der Waals surface area contributed by atoms with E-state index in [1.54, 1.807) is 12.1 Å². The van der Waals surface area contributed by atoms with Gasteiger partial charge in [-0.1, -0.05) is 0 Å². The summed E-state index contributed by atoms with van der Waals surface area (Å²) < 4.78 is 36.8. The van der Waals surface area contributed by atoms with Crippen LogP contribution in [0, 0.1) is 17.1 Å². The Morgan fingerprint density at radius 1 is 1.14 bits per heavy atom. The first kappa shape index (κ1) is 19.6. The van der Waals surface area contributed by atoms with Crippen molar-refractivity contribution in [1.29, 1.82) is 5.26 Å². The molecule has 146 valence electrons. The van der Waals surface area contributed by atoms with Crippen LogP contribution in [0.4, 0.5) is 10.1 Å². The van der Waals surface area contributed by atoms with E-state index in [2.05, 4.69) is 0 Å². The highest BCUT2D eigenvalue weighted by atomic mass is 32.2. The topological polar surface area (TPSA) is 128 Å². The van der Waals surface area contributed by atoms with Gasteiger partial charge < -0.3 is 14.9 Å². The third kappa shape index (κ3) is 3.90. The zero-order valence-corrected chi connectivity index (χ0v) is 15.5. The molecule has 0 aliphatic carbocycles. The van der Waals surface area contributed by atoms with Crippen LogP contribution in [-0.2, 0) is 10.0 Å². The highest BCUT2D eigenvalue weighted by Crippen LogP contribution is 2.24. The van der Waals surface area contributed by atoms with Crippen LogP contribution in [-0.4, -0.2) is 50.5 Å². The number of hydrogen-bond donors (Lipinski definition) is 2. The summed E-state index contributed by atoms with van der Waals surface area (Å²) in [6.07, 6.45) is 0. The van der Waals surface area contributed by atoms with Gasteiger partial charge in [0.2, 0.25) is 10.0 Å². The third-order valence-corrected chi connectivity index (χ3v) is 5.44. The number of carbonyl (C=O) groups is 1. The zero-order valence-electron chi connectivity index (χ0n) is 14.7. The number of aromatic hydroxyl groups is 1. The van der Waals surface area contributed by atoms with Crippen LogP contribution in [0.15, 0.2) is 41.3 Å². The van der Waals surface area contributed by atoms with Crippen LogP contribution >= 0.6 is 0 Å². The first-order valence-electron chi connectivity index (χ1n) is 8.30. The number of phenols is 1. The number of carbonyl (C=O) groups excluding carboxylic acids is 1. The number of anilines is 1. The first-order valence-corrected chi connectivity index (χ1v) is 9.85. The Bertz CT molecular complexity index is 1070. The van der Waals surface area contributed by atoms with E-state index in [9.17, 15) is 22.7 Å². The summed E-state index contributed by atoms with van der Waals surface area (Å²) in [5, 5.41) is 23.8. The van der Waals surface area contributed by atoms with Crippen LogP contribution in [0.25, 0.3) is 0 Å². The Morgan fingerprint density at radius 3 is 2.39 bits per heavy atom. The lowest BCUT2D eigenvalue weighted by Crippen LogP contribution is -2.48. The molecule has 2 aromatic carbocycles. The number of hydrogen-bond acceptors (Lipinski definition) is 6. The molecule has 0 saturated carbocycles. The van der Waals surface area contributed by atoms with Crippen LogP contribution in [0.1, 0.15) is 15.9 Å². The highest BCUT2D eigenvalue weighted by molar-refractivity contribution is 7.89. The summed E-state index contributed by atoms with van der Waals surface area (Å²) in [6, 6.07) is 9.37. The van der Waals surface area contributed by atoms with Crippen molar-refractivity contribution < 1.29 is 22.7 Å². The minimum atomic E-state index is -4.01. The third-order valence-electron chi connectivity index (χ3n) is 4.53. The maximum atomic E-state index is 13.8. The van der Waals surface area contributed by atoms with E-state index >= 15 is 0 Å². The largest absolute Gasteiger partial charge is 0.507 e. The molecule has 0 bridgehead atoms. The minimum absolute atomic E-state index is 0.0391. The number of amides is 1. The lowest BCUT2D eigenvalue weighted by Gasteiger charge is -2.36. The molecule has 1 aliphatic rings. The van der Waals surface area contributed by atoms with Gasteiger partial charge in [-0.15, -0.1) is 0 Å². The number of benzene rings is 2. The van der Waals surface area contributed by atoms with Crippen LogP contribution in [0.5, 0.6) is 5.75 Å². The first-order chi connectivity index (χ1) is 13.2. The lowest BCUT2D eigenvalue weighted by atomic mass is 10.1. The molecular formula is C18H17FN4O4S. The molecular weight excluding hydrogens is 387 g/mol. The van der Waals surface area contributed by atoms with Crippen molar-refractivity contribution in [1.82, 2.24) is 4.90 Å². The number of piperazine rings is 1. The molecule has 0 unspecified atom stereocenters. The van der Waals surface area contributed by atoms with Crippen molar-refractivity contribution in [2.75, 3.05) is 31.1 Å². The Kier molecular flexibility index (Phi) is 5.22. The maximum Gasteiger partial charge on any atom is 0.257 e. The van der Waals surface area contributed by atoms with Crippen molar-refractivity contribution in [2.45, 2.75) is 4.90 Å². The van der Waals surface area contributed by atoms with Gasteiger partial charge in [0.25, 0.3) is 5.91 Å². The van der Waals surface area contributed by atoms with Crippen molar-refractivity contribution in [3.8, 4) is 11.8 Å². The van der Waals surface area contributed by atoms with Gasteiger partial charge in [0.1, 0.15) is 17.6 Å². The summed E-state index contributed by atoms with van der Waals surface area (Å²) in [5.74, 6) is -1.47. The van der Waals surface area contributed by atoms with Crippen molar-refractivity contribution in [2.24, 2.45) is 5.14 Å². The number of primary sulfonamides is 1. The second kappa shape index (κ2) is 7.46. The Labute approximate surface area is 161 Å². The standard InChI is InChI=1S/C18H17FN4O4S/c19-16-9-13(2-1-12(16)11-20)22-5-7-23(8-6-22)18(25)15-10-14(28(21,26)27)3-4-17(15)24/h1-4,9-10,24H,5-8H2,(H2,21,26,27). The van der Waals surface area contributed by atoms with E-state index in [0.717, 1.165) is 18.2 Å². The lowest BCUT2D eigenvalue weighted by molar-refractivity contribution is 0.0743. The van der Waals surface area contributed by atoms with Gasteiger partial charge >= 0.3 is 0 Å². The smallest absolute Gasteiger partial charge is 0.257 e. The zero-order chi connectivity index (χ0) is 20.5. The predicted molar refractivity (Wildman–Crippen MR) is 98.7 cm³/mol. The van der Waals surface area contributed by atoms with E-state index in [-0.39, 0.29) is 21.8 Å². The van der Waals surface area contributed by atoms with E-state index < -0.39 is 21.7 Å². The molecule has 3 N–H and O–H groups in total. The van der Waals surface area contributed by atoms with Gasteiger partial charge in [-0.05, 0) is 36.4 Å². The average molecular weight is 404 g/mol. The average Bonchev–Trinajstić information content (AvgIpc) is 2.67. The molecule has 1 amide bonds. The number of rotatable bonds is 3. The van der Waals surface area contributed by atoms with Crippen molar-refractivity contribution in [3.05, 3.63) is 53.3 Å². The van der Waals surface area contributed by atoms with Gasteiger partial charge in [-0.3, -0.25) is 4.79 Å². The number of halogens is 1. The van der Waals surface area contributed by atoms with Crippen molar-refractivity contribution in [3.63, 3.8) is 0 Å². The second-order valence-electron chi connectivity index (χ2n) is 6.28. The molecule has 1 fully saturated rings. The molecule has 28 heavy (non-hydrogen) atoms. The summed E-state index contributed by atoms with van der Waals surface area (Å²) in [7, 11) is -4.01. The molecule has 10 heteroatoms. The summed E-state index contributed by atoms with van der Waals surface area (Å²) >= 11 is 0. The molecule has 1 heterocycles. The summed E-state index contributed by atoms with van der Waals surface area (Å²) in [5.41, 5.74) is 0.412. The fourth-order valence-electron chi connectivity index (χ4n) is 2.99. The molecule has 0 spiro atoms. The highest BCUT2D eigenvalue weighted by Gasteiger charge is 2.25. The summed E-state index contributed by atoms with van der Waals surface area (Å²) in [4.78, 5) is 15.8. The van der Waals surface area contributed by atoms with Gasteiger partial charge in [0, 0.05) is 31.9 Å². The van der Waals surface area contributed by atoms with Crippen molar-refractivity contribution >= 4 is 21.6 Å². The molecule has 8 nitrogen and oxygen atoms in total. The number of nitrogens with two attached hydrogens (primary N) is 1. The number of nitrogens with zero attached hydrogens (tertiary/aromatic N) is 3. The molecule has 1 saturated heterocycles. The van der Waals surface area contributed by atoms with E-state index in [1.807, 2.05) is 4.90 Å². The van der Waals surface area contributed by atoms with Crippen LogP contribution < -0.4 is 10.0 Å². The predicted octanol–water partition coefficient (Wildman–Crippen LogP) is 1.01. The fourth-order valence-corrected chi connectivity index (χ4v) is 3.53. The normalized spacial score (nSPS) is 14.6. The molecule has 3 rings (SSSR count). The van der Waals surface area contributed by atoms with Crippen LogP contribution in [0.2, 0.25) is 0 Å². The van der Waals surface area contributed by atoms with E-state index in [4.69, 9.17) is 10.4 Å². The number of nitriles is 1. The Morgan fingerprint density at radius 2 is 1.82 bits per heavy atom. The van der Waals surface area contributed by atoms with Gasteiger partial charge in [-0.25, -0.2) is 17.9 Å². The van der Waals surface area contributed by atoms with Gasteiger partial charge in [-0.2, -0.15) is 5.26 Å². The Hall–Kier alpha value is -3.16. The molecule has 0 radical (unpaired) electrons. The van der Waals surface area contributed by atoms with E-state index in [1.165, 1.54) is 17.0 Å². The van der Waals surface area contributed by atoms with Gasteiger partial charge in [0.15, 0.2) is 0 Å². The second-order valence-corrected chi connectivity index (χ2v) is 7.84. The molecule has 0 aromatic heterocycles. The number of sulfonamides is 1.